The molecule has 0 aliphatic heterocycles. The van der Waals surface area contributed by atoms with Gasteiger partial charge in [0.15, 0.2) is 0 Å². The predicted octanol–water partition coefficient (Wildman–Crippen LogP) is 3.66. The monoisotopic (exact) mass is 440 g/mol. The van der Waals surface area contributed by atoms with Crippen LogP contribution in [0.5, 0.6) is 5.75 Å². The number of anilines is 1. The Labute approximate surface area is 184 Å². The van der Waals surface area contributed by atoms with Gasteiger partial charge in [-0.2, -0.15) is 0 Å². The van der Waals surface area contributed by atoms with E-state index in [1.807, 2.05) is 32.9 Å². The van der Waals surface area contributed by atoms with Crippen LogP contribution in [0.15, 0.2) is 46.0 Å². The molecule has 0 radical (unpaired) electrons. The number of methoxy groups -OCH3 is 1. The van der Waals surface area contributed by atoms with Gasteiger partial charge in [0, 0.05) is 11.3 Å². The molecule has 162 valence electrons. The minimum Gasteiger partial charge on any atom is -0.497 e. The van der Waals surface area contributed by atoms with Gasteiger partial charge >= 0.3 is 0 Å². The third kappa shape index (κ3) is 6.08. The van der Waals surface area contributed by atoms with Crippen molar-refractivity contribution in [2.75, 3.05) is 18.2 Å². The number of nitrogens with zero attached hydrogens (tertiary/aromatic N) is 2. The summed E-state index contributed by atoms with van der Waals surface area (Å²) in [5.41, 5.74) is 4.50. The Morgan fingerprint density at radius 2 is 1.74 bits per heavy atom. The lowest BCUT2D eigenvalue weighted by Crippen LogP contribution is -2.22. The second-order valence-electron chi connectivity index (χ2n) is 6.98. The maximum Gasteiger partial charge on any atom is 0.277 e. The number of carbonyl (C=O) groups is 2. The minimum absolute atomic E-state index is 0.0897. The zero-order valence-electron chi connectivity index (χ0n) is 17.8. The maximum absolute atomic E-state index is 12.3. The summed E-state index contributed by atoms with van der Waals surface area (Å²) in [6, 6.07) is 10.8. The van der Waals surface area contributed by atoms with Crippen molar-refractivity contribution in [1.82, 2.24) is 15.5 Å². The van der Waals surface area contributed by atoms with Crippen molar-refractivity contribution in [3.05, 3.63) is 64.5 Å². The van der Waals surface area contributed by atoms with Crippen LogP contribution in [-0.2, 0) is 11.3 Å². The second kappa shape index (κ2) is 10.1. The third-order valence-corrected chi connectivity index (χ3v) is 5.29. The van der Waals surface area contributed by atoms with Gasteiger partial charge < -0.3 is 19.8 Å². The number of carbonyl (C=O) groups excluding carboxylic acids is 2. The average Bonchev–Trinajstić information content (AvgIpc) is 3.21. The van der Waals surface area contributed by atoms with Crippen LogP contribution >= 0.6 is 11.8 Å². The zero-order chi connectivity index (χ0) is 22.4. The second-order valence-corrected chi connectivity index (χ2v) is 7.91. The van der Waals surface area contributed by atoms with Crippen LogP contribution in [0.25, 0.3) is 0 Å². The van der Waals surface area contributed by atoms with Crippen LogP contribution in [-0.4, -0.2) is 34.9 Å². The lowest BCUT2D eigenvalue weighted by molar-refractivity contribution is -0.113. The number of thioether (sulfide) groups is 1. The smallest absolute Gasteiger partial charge is 0.277 e. The summed E-state index contributed by atoms with van der Waals surface area (Å²) in [7, 11) is 1.56. The fourth-order valence-corrected chi connectivity index (χ4v) is 3.63. The maximum atomic E-state index is 12.3. The van der Waals surface area contributed by atoms with Gasteiger partial charge in [-0.15, -0.1) is 10.2 Å². The van der Waals surface area contributed by atoms with Crippen LogP contribution in [0.1, 0.15) is 32.9 Å². The normalized spacial score (nSPS) is 10.6. The number of hydrogen-bond acceptors (Lipinski definition) is 7. The topological polar surface area (TPSA) is 106 Å². The summed E-state index contributed by atoms with van der Waals surface area (Å²) in [6.45, 7) is 6.04. The molecule has 9 heteroatoms. The first-order valence-corrected chi connectivity index (χ1v) is 10.6. The summed E-state index contributed by atoms with van der Waals surface area (Å²) in [4.78, 5) is 24.5. The van der Waals surface area contributed by atoms with Gasteiger partial charge in [0.25, 0.3) is 11.1 Å². The molecule has 3 aromatic rings. The van der Waals surface area contributed by atoms with Gasteiger partial charge in [0.05, 0.1) is 19.4 Å². The van der Waals surface area contributed by atoms with E-state index in [0.717, 1.165) is 34.1 Å². The lowest BCUT2D eigenvalue weighted by Gasteiger charge is -2.12. The number of nitrogens with one attached hydrogen (secondary N) is 2. The highest BCUT2D eigenvalue weighted by Crippen LogP contribution is 2.23. The molecule has 0 bridgehead atoms. The van der Waals surface area contributed by atoms with Crippen molar-refractivity contribution in [1.29, 1.82) is 0 Å². The van der Waals surface area contributed by atoms with E-state index in [2.05, 4.69) is 20.8 Å². The quantitative estimate of drug-likeness (QED) is 0.515. The van der Waals surface area contributed by atoms with Gasteiger partial charge in [0.2, 0.25) is 11.8 Å². The lowest BCUT2D eigenvalue weighted by atomic mass is 10.1. The van der Waals surface area contributed by atoms with Crippen LogP contribution in [0.2, 0.25) is 0 Å². The van der Waals surface area contributed by atoms with Crippen molar-refractivity contribution in [3.8, 4) is 5.75 Å². The molecular formula is C22H24N4O4S. The fourth-order valence-electron chi connectivity index (χ4n) is 3.05. The summed E-state index contributed by atoms with van der Waals surface area (Å²) in [6.07, 6.45) is 0. The van der Waals surface area contributed by atoms with Crippen LogP contribution in [0.3, 0.4) is 0 Å². The first-order valence-electron chi connectivity index (χ1n) is 9.61. The summed E-state index contributed by atoms with van der Waals surface area (Å²) in [5, 5.41) is 13.7. The molecule has 0 saturated carbocycles. The number of amides is 2. The molecule has 0 saturated heterocycles. The Morgan fingerprint density at radius 1 is 1.06 bits per heavy atom. The van der Waals surface area contributed by atoms with E-state index in [1.54, 1.807) is 31.4 Å². The summed E-state index contributed by atoms with van der Waals surface area (Å²) in [5.74, 6) is 0.639. The molecule has 0 aliphatic rings. The van der Waals surface area contributed by atoms with Gasteiger partial charge in [-0.25, -0.2) is 0 Å². The highest BCUT2D eigenvalue weighted by atomic mass is 32.2. The number of aromatic nitrogens is 2. The molecule has 0 fully saturated rings. The van der Waals surface area contributed by atoms with E-state index in [-0.39, 0.29) is 35.2 Å². The first-order chi connectivity index (χ1) is 14.9. The Morgan fingerprint density at radius 3 is 2.39 bits per heavy atom. The molecule has 2 amide bonds. The van der Waals surface area contributed by atoms with Gasteiger partial charge in [0.1, 0.15) is 5.75 Å². The standard InChI is InChI=1S/C22H24N4O4S/c1-13-9-14(2)20(15(3)10-13)24-18(27)12-31-22-26-25-19(30-22)11-23-21(28)16-5-7-17(29-4)8-6-16/h5-10H,11-12H2,1-4H3,(H,23,28)(H,24,27). The van der Waals surface area contributed by atoms with Gasteiger partial charge in [-0.05, 0) is 56.2 Å². The highest BCUT2D eigenvalue weighted by Gasteiger charge is 2.13. The third-order valence-electron chi connectivity index (χ3n) is 4.47. The number of benzene rings is 2. The summed E-state index contributed by atoms with van der Waals surface area (Å²) >= 11 is 1.14. The molecule has 1 aromatic heterocycles. The molecule has 2 aromatic carbocycles. The SMILES string of the molecule is COc1ccc(C(=O)NCc2nnc(SCC(=O)Nc3c(C)cc(C)cc3C)o2)cc1. The largest absolute Gasteiger partial charge is 0.497 e. The number of aryl methyl sites for hydroxylation is 3. The number of hydrogen-bond donors (Lipinski definition) is 2. The van der Waals surface area contributed by atoms with Crippen molar-refractivity contribution >= 4 is 29.3 Å². The van der Waals surface area contributed by atoms with E-state index in [0.29, 0.717) is 11.3 Å². The zero-order valence-corrected chi connectivity index (χ0v) is 18.6. The van der Waals surface area contributed by atoms with Crippen LogP contribution in [0.4, 0.5) is 5.69 Å². The van der Waals surface area contributed by atoms with E-state index in [1.165, 1.54) is 0 Å². The van der Waals surface area contributed by atoms with E-state index in [9.17, 15) is 9.59 Å². The molecule has 1 heterocycles. The van der Waals surface area contributed by atoms with Crippen LogP contribution in [0, 0.1) is 20.8 Å². The van der Waals surface area contributed by atoms with Crippen molar-refractivity contribution in [3.63, 3.8) is 0 Å². The van der Waals surface area contributed by atoms with Gasteiger partial charge in [-0.3, -0.25) is 9.59 Å². The molecule has 2 N–H and O–H groups in total. The highest BCUT2D eigenvalue weighted by molar-refractivity contribution is 7.99. The number of rotatable bonds is 8. The molecule has 31 heavy (non-hydrogen) atoms. The Kier molecular flexibility index (Phi) is 7.30. The molecular weight excluding hydrogens is 416 g/mol. The molecule has 0 aliphatic carbocycles. The van der Waals surface area contributed by atoms with Crippen molar-refractivity contribution < 1.29 is 18.7 Å². The first kappa shape index (κ1) is 22.4. The van der Waals surface area contributed by atoms with E-state index >= 15 is 0 Å². The van der Waals surface area contributed by atoms with E-state index in [4.69, 9.17) is 9.15 Å². The fraction of sp³-hybridized carbons (Fsp3) is 0.273. The van der Waals surface area contributed by atoms with E-state index < -0.39 is 0 Å². The Hall–Kier alpha value is -3.33. The molecule has 0 unspecified atom stereocenters. The molecule has 0 spiro atoms. The average molecular weight is 441 g/mol. The Bertz CT molecular complexity index is 1060. The van der Waals surface area contributed by atoms with Crippen molar-refractivity contribution in [2.24, 2.45) is 0 Å². The minimum atomic E-state index is -0.265. The molecule has 0 atom stereocenters. The molecule has 8 nitrogen and oxygen atoms in total. The molecule has 3 rings (SSSR count). The Balaban J connectivity index is 1.48. The van der Waals surface area contributed by atoms with Gasteiger partial charge in [-0.1, -0.05) is 29.5 Å². The number of ether oxygens (including phenoxy) is 1. The van der Waals surface area contributed by atoms with Crippen LogP contribution < -0.4 is 15.4 Å². The predicted molar refractivity (Wildman–Crippen MR) is 118 cm³/mol. The van der Waals surface area contributed by atoms with Crippen molar-refractivity contribution in [2.45, 2.75) is 32.5 Å². The summed E-state index contributed by atoms with van der Waals surface area (Å²) < 4.78 is 10.6.